The number of benzene rings is 7. The molecular formula is C51H46N2O. The van der Waals surface area contributed by atoms with Gasteiger partial charge in [0, 0.05) is 56.4 Å². The van der Waals surface area contributed by atoms with Gasteiger partial charge in [0.2, 0.25) is 0 Å². The lowest BCUT2D eigenvalue weighted by atomic mass is 9.78. The third-order valence-electron chi connectivity index (χ3n) is 11.6. The maximum atomic E-state index is 6.30. The van der Waals surface area contributed by atoms with Crippen LogP contribution in [0.2, 0.25) is 0 Å². The fraction of sp³-hybridized carbons (Fsp3) is 0.176. The molecule has 0 atom stereocenters. The third-order valence-corrected chi connectivity index (χ3v) is 11.6. The number of furan rings is 1. The van der Waals surface area contributed by atoms with Crippen LogP contribution in [-0.4, -0.2) is 0 Å². The van der Waals surface area contributed by atoms with Crippen LogP contribution in [0, 0.1) is 0 Å². The summed E-state index contributed by atoms with van der Waals surface area (Å²) < 4.78 is 6.30. The highest BCUT2D eigenvalue weighted by molar-refractivity contribution is 6.06. The molecule has 0 N–H and O–H groups in total. The van der Waals surface area contributed by atoms with Gasteiger partial charge in [0.15, 0.2) is 0 Å². The van der Waals surface area contributed by atoms with Crippen LogP contribution in [0.15, 0.2) is 180 Å². The van der Waals surface area contributed by atoms with Gasteiger partial charge in [-0.25, -0.2) is 0 Å². The summed E-state index contributed by atoms with van der Waals surface area (Å²) in [6, 6.07) is 63.6. The van der Waals surface area contributed by atoms with Gasteiger partial charge in [-0.1, -0.05) is 124 Å². The molecule has 9 rings (SSSR count). The van der Waals surface area contributed by atoms with E-state index in [0.29, 0.717) is 5.92 Å². The average molecular weight is 703 g/mol. The van der Waals surface area contributed by atoms with Gasteiger partial charge < -0.3 is 14.2 Å². The van der Waals surface area contributed by atoms with Crippen molar-refractivity contribution in [3.63, 3.8) is 0 Å². The van der Waals surface area contributed by atoms with Gasteiger partial charge >= 0.3 is 0 Å². The standard InChI is InChI=1S/C51H46N2O/c1-51(2,39-24-30-44(31-25-39)52(41-16-8-4-9-17-41)43-28-22-38(23-29-43)37-14-6-3-7-15-37)40-26-32-45(33-27-40)53(42-18-10-5-11-19-42)46-34-35-48-47-20-12-13-21-49(47)54-50(48)36-46/h4-5,8-13,16-37H,3,6-7,14-15H2,1-2H3. The molecular weight excluding hydrogens is 657 g/mol. The average Bonchev–Trinajstić information content (AvgIpc) is 3.61. The Morgan fingerprint density at radius 1 is 0.426 bits per heavy atom. The molecule has 1 aliphatic rings. The van der Waals surface area contributed by atoms with Crippen molar-refractivity contribution < 1.29 is 4.42 Å². The fourth-order valence-electron chi connectivity index (χ4n) is 8.45. The Morgan fingerprint density at radius 3 is 1.44 bits per heavy atom. The van der Waals surface area contributed by atoms with Crippen LogP contribution in [0.25, 0.3) is 21.9 Å². The van der Waals surface area contributed by atoms with Crippen molar-refractivity contribution in [2.24, 2.45) is 0 Å². The first-order valence-electron chi connectivity index (χ1n) is 19.5. The topological polar surface area (TPSA) is 19.6 Å². The zero-order chi connectivity index (χ0) is 36.5. The lowest BCUT2D eigenvalue weighted by Gasteiger charge is -2.30. The molecule has 0 unspecified atom stereocenters. The van der Waals surface area contributed by atoms with E-state index in [1.54, 1.807) is 0 Å². The van der Waals surface area contributed by atoms with E-state index in [9.17, 15) is 0 Å². The largest absolute Gasteiger partial charge is 0.456 e. The summed E-state index contributed by atoms with van der Waals surface area (Å²) in [5, 5.41) is 2.27. The minimum atomic E-state index is -0.207. The minimum absolute atomic E-state index is 0.207. The number of hydrogen-bond donors (Lipinski definition) is 0. The smallest absolute Gasteiger partial charge is 0.137 e. The molecule has 3 heteroatoms. The van der Waals surface area contributed by atoms with Gasteiger partial charge in [-0.2, -0.15) is 0 Å². The second-order valence-corrected chi connectivity index (χ2v) is 15.3. The quantitative estimate of drug-likeness (QED) is 0.149. The number of rotatable bonds is 9. The van der Waals surface area contributed by atoms with Crippen LogP contribution >= 0.6 is 0 Å². The summed E-state index contributed by atoms with van der Waals surface area (Å²) >= 11 is 0. The van der Waals surface area contributed by atoms with Gasteiger partial charge in [0.05, 0.1) is 0 Å². The van der Waals surface area contributed by atoms with Crippen LogP contribution in [0.3, 0.4) is 0 Å². The van der Waals surface area contributed by atoms with E-state index in [1.165, 1.54) is 54.5 Å². The molecule has 0 amide bonds. The van der Waals surface area contributed by atoms with Gasteiger partial charge in [-0.3, -0.25) is 0 Å². The van der Waals surface area contributed by atoms with Crippen molar-refractivity contribution in [1.29, 1.82) is 0 Å². The third kappa shape index (κ3) is 6.45. The van der Waals surface area contributed by atoms with E-state index < -0.39 is 0 Å². The van der Waals surface area contributed by atoms with E-state index in [-0.39, 0.29) is 5.41 Å². The zero-order valence-corrected chi connectivity index (χ0v) is 31.2. The number of nitrogens with zero attached hydrogens (tertiary/aromatic N) is 2. The summed E-state index contributed by atoms with van der Waals surface area (Å²) in [5.41, 5.74) is 12.4. The molecule has 1 fully saturated rings. The molecule has 8 aromatic rings. The molecule has 0 spiro atoms. The molecule has 1 aromatic heterocycles. The first kappa shape index (κ1) is 33.8. The van der Waals surface area contributed by atoms with Gasteiger partial charge in [-0.05, 0) is 114 Å². The Bertz CT molecular complexity index is 2480. The first-order valence-corrected chi connectivity index (χ1v) is 19.5. The Balaban J connectivity index is 1.01. The van der Waals surface area contributed by atoms with Crippen LogP contribution in [0.5, 0.6) is 0 Å². The molecule has 54 heavy (non-hydrogen) atoms. The predicted molar refractivity (Wildman–Crippen MR) is 227 cm³/mol. The number of hydrogen-bond acceptors (Lipinski definition) is 3. The maximum Gasteiger partial charge on any atom is 0.137 e. The van der Waals surface area contributed by atoms with Gasteiger partial charge in [-0.15, -0.1) is 0 Å². The summed E-state index contributed by atoms with van der Waals surface area (Å²) in [6.45, 7) is 4.64. The molecule has 7 aromatic carbocycles. The van der Waals surface area contributed by atoms with Crippen LogP contribution in [-0.2, 0) is 5.41 Å². The molecule has 1 heterocycles. The highest BCUT2D eigenvalue weighted by atomic mass is 16.3. The molecule has 0 aliphatic heterocycles. The van der Waals surface area contributed by atoms with Gasteiger partial charge in [0.1, 0.15) is 11.2 Å². The SMILES string of the molecule is CC(C)(c1ccc(N(c2ccccc2)c2ccc(C3CCCCC3)cc2)cc1)c1ccc(N(c2ccccc2)c2ccc3c(c2)oc2ccccc23)cc1. The second kappa shape index (κ2) is 14.4. The lowest BCUT2D eigenvalue weighted by molar-refractivity contribution is 0.443. The van der Waals surface area contributed by atoms with Crippen molar-refractivity contribution in [3.05, 3.63) is 193 Å². The van der Waals surface area contributed by atoms with Crippen molar-refractivity contribution in [2.45, 2.75) is 57.3 Å². The Kier molecular flexibility index (Phi) is 9.00. The maximum absolute atomic E-state index is 6.30. The van der Waals surface area contributed by atoms with Crippen LogP contribution < -0.4 is 9.80 Å². The normalized spacial score (nSPS) is 13.7. The molecule has 0 saturated heterocycles. The van der Waals surface area contributed by atoms with E-state index >= 15 is 0 Å². The molecule has 266 valence electrons. The molecule has 0 radical (unpaired) electrons. The molecule has 0 bridgehead atoms. The first-order chi connectivity index (χ1) is 26.5. The van der Waals surface area contributed by atoms with Crippen molar-refractivity contribution >= 4 is 56.1 Å². The monoisotopic (exact) mass is 702 g/mol. The molecule has 1 saturated carbocycles. The highest BCUT2D eigenvalue weighted by Gasteiger charge is 2.25. The predicted octanol–water partition coefficient (Wildman–Crippen LogP) is 14.9. The number of anilines is 6. The van der Waals surface area contributed by atoms with Crippen molar-refractivity contribution in [1.82, 2.24) is 0 Å². The summed E-state index contributed by atoms with van der Waals surface area (Å²) in [5.74, 6) is 0.696. The summed E-state index contributed by atoms with van der Waals surface area (Å²) in [7, 11) is 0. The van der Waals surface area contributed by atoms with Crippen LogP contribution in [0.1, 0.15) is 68.6 Å². The van der Waals surface area contributed by atoms with Crippen molar-refractivity contribution in [2.75, 3.05) is 9.80 Å². The minimum Gasteiger partial charge on any atom is -0.456 e. The Hall–Kier alpha value is -6.06. The molecule has 3 nitrogen and oxygen atoms in total. The van der Waals surface area contributed by atoms with Gasteiger partial charge in [0.25, 0.3) is 0 Å². The second-order valence-electron chi connectivity index (χ2n) is 15.3. The van der Waals surface area contributed by atoms with E-state index in [1.807, 2.05) is 12.1 Å². The number of fused-ring (bicyclic) bond motifs is 3. The van der Waals surface area contributed by atoms with E-state index in [4.69, 9.17) is 4.42 Å². The summed E-state index contributed by atoms with van der Waals surface area (Å²) in [4.78, 5) is 4.68. The zero-order valence-electron chi connectivity index (χ0n) is 31.2. The fourth-order valence-corrected chi connectivity index (χ4v) is 8.45. The Morgan fingerprint density at radius 2 is 0.870 bits per heavy atom. The lowest BCUT2D eigenvalue weighted by Crippen LogP contribution is -2.19. The highest BCUT2D eigenvalue weighted by Crippen LogP contribution is 2.42. The summed E-state index contributed by atoms with van der Waals surface area (Å²) in [6.07, 6.45) is 6.70. The van der Waals surface area contributed by atoms with Crippen molar-refractivity contribution in [3.8, 4) is 0 Å². The molecule has 1 aliphatic carbocycles. The number of para-hydroxylation sites is 3. The Labute approximate surface area is 319 Å². The van der Waals surface area contributed by atoms with E-state index in [0.717, 1.165) is 50.4 Å². The van der Waals surface area contributed by atoms with E-state index in [2.05, 4.69) is 187 Å². The van der Waals surface area contributed by atoms with Crippen LogP contribution in [0.4, 0.5) is 34.1 Å².